The Labute approximate surface area is 165 Å². The van der Waals surface area contributed by atoms with Gasteiger partial charge in [-0.1, -0.05) is 37.6 Å². The van der Waals surface area contributed by atoms with Gasteiger partial charge < -0.3 is 15.5 Å². The van der Waals surface area contributed by atoms with E-state index in [0.29, 0.717) is 0 Å². The van der Waals surface area contributed by atoms with Crippen LogP contribution in [-0.2, 0) is 13.1 Å². The zero-order valence-electron chi connectivity index (χ0n) is 17.2. The van der Waals surface area contributed by atoms with E-state index in [2.05, 4.69) is 56.6 Å². The highest BCUT2D eigenvalue weighted by molar-refractivity contribution is 5.79. The lowest BCUT2D eigenvalue weighted by Crippen LogP contribution is -2.39. The predicted octanol–water partition coefficient (Wildman–Crippen LogP) is 2.68. The molecule has 1 aromatic carbocycles. The van der Waals surface area contributed by atoms with E-state index in [1.54, 1.807) is 0 Å². The molecule has 2 N–H and O–H groups in total. The molecule has 0 aliphatic carbocycles. The molecule has 0 aromatic heterocycles. The van der Waals surface area contributed by atoms with Crippen LogP contribution in [0.4, 0.5) is 0 Å². The van der Waals surface area contributed by atoms with Crippen molar-refractivity contribution in [3.63, 3.8) is 0 Å². The number of aliphatic imine (C=N–C) groups is 1. The largest absolute Gasteiger partial charge is 0.356 e. The number of piperidine rings is 1. The summed E-state index contributed by atoms with van der Waals surface area (Å²) in [6.45, 7) is 11.3. The number of nitrogens with one attached hydrogen (secondary N) is 2. The Hall–Kier alpha value is -1.59. The van der Waals surface area contributed by atoms with E-state index in [1.165, 1.54) is 63.0 Å². The lowest BCUT2D eigenvalue weighted by Gasteiger charge is -2.26. The van der Waals surface area contributed by atoms with Crippen molar-refractivity contribution in [3.05, 3.63) is 35.4 Å². The summed E-state index contributed by atoms with van der Waals surface area (Å²) in [5, 5.41) is 6.95. The van der Waals surface area contributed by atoms with E-state index in [-0.39, 0.29) is 0 Å². The molecule has 1 aromatic rings. The van der Waals surface area contributed by atoms with Gasteiger partial charge in [-0.25, -0.2) is 0 Å². The van der Waals surface area contributed by atoms with Crippen LogP contribution in [0, 0.1) is 5.92 Å². The fourth-order valence-corrected chi connectivity index (χ4v) is 4.15. The molecule has 0 spiro atoms. The molecule has 2 fully saturated rings. The van der Waals surface area contributed by atoms with E-state index in [0.717, 1.165) is 38.1 Å². The molecule has 2 aliphatic rings. The SMILES string of the molecule is CCN1CCC(CNC(=NC)NCc2ccc(CN3CCCCC3)cc2)C1. The van der Waals surface area contributed by atoms with E-state index in [4.69, 9.17) is 0 Å². The first kappa shape index (κ1) is 20.2. The molecular weight excluding hydrogens is 334 g/mol. The van der Waals surface area contributed by atoms with Crippen molar-refractivity contribution in [3.8, 4) is 0 Å². The van der Waals surface area contributed by atoms with E-state index in [1.807, 2.05) is 7.05 Å². The highest BCUT2D eigenvalue weighted by Gasteiger charge is 2.20. The fourth-order valence-electron chi connectivity index (χ4n) is 4.15. The summed E-state index contributed by atoms with van der Waals surface area (Å²) in [4.78, 5) is 9.47. The van der Waals surface area contributed by atoms with Crippen LogP contribution < -0.4 is 10.6 Å². The number of rotatable bonds is 7. The molecule has 5 heteroatoms. The third-order valence-electron chi connectivity index (χ3n) is 5.94. The van der Waals surface area contributed by atoms with Crippen molar-refractivity contribution in [2.75, 3.05) is 46.3 Å². The van der Waals surface area contributed by atoms with Crippen molar-refractivity contribution in [2.45, 2.75) is 45.7 Å². The van der Waals surface area contributed by atoms with Crippen molar-refractivity contribution in [1.82, 2.24) is 20.4 Å². The van der Waals surface area contributed by atoms with Gasteiger partial charge in [0, 0.05) is 33.2 Å². The minimum absolute atomic E-state index is 0.734. The number of nitrogens with zero attached hydrogens (tertiary/aromatic N) is 3. The highest BCUT2D eigenvalue weighted by atomic mass is 15.2. The Kier molecular flexibility index (Phi) is 7.96. The molecule has 2 saturated heterocycles. The lowest BCUT2D eigenvalue weighted by atomic mass is 10.1. The van der Waals surface area contributed by atoms with E-state index < -0.39 is 0 Å². The molecule has 27 heavy (non-hydrogen) atoms. The quantitative estimate of drug-likeness (QED) is 0.571. The van der Waals surface area contributed by atoms with Crippen LogP contribution in [0.2, 0.25) is 0 Å². The van der Waals surface area contributed by atoms with Gasteiger partial charge in [-0.3, -0.25) is 9.89 Å². The van der Waals surface area contributed by atoms with Gasteiger partial charge in [0.2, 0.25) is 0 Å². The molecule has 0 radical (unpaired) electrons. The van der Waals surface area contributed by atoms with Gasteiger partial charge in [0.25, 0.3) is 0 Å². The monoisotopic (exact) mass is 371 g/mol. The summed E-state index contributed by atoms with van der Waals surface area (Å²) < 4.78 is 0. The van der Waals surface area contributed by atoms with Crippen LogP contribution >= 0.6 is 0 Å². The third kappa shape index (κ3) is 6.51. The lowest BCUT2D eigenvalue weighted by molar-refractivity contribution is 0.221. The fraction of sp³-hybridized carbons (Fsp3) is 0.682. The van der Waals surface area contributed by atoms with Gasteiger partial charge in [0.1, 0.15) is 0 Å². The van der Waals surface area contributed by atoms with Gasteiger partial charge in [0.15, 0.2) is 5.96 Å². The molecule has 3 rings (SSSR count). The first-order valence-electron chi connectivity index (χ1n) is 10.7. The second kappa shape index (κ2) is 10.7. The zero-order valence-corrected chi connectivity index (χ0v) is 17.2. The number of hydrogen-bond acceptors (Lipinski definition) is 3. The Balaban J connectivity index is 1.39. The predicted molar refractivity (Wildman–Crippen MR) is 114 cm³/mol. The van der Waals surface area contributed by atoms with Crippen molar-refractivity contribution < 1.29 is 0 Å². The third-order valence-corrected chi connectivity index (χ3v) is 5.94. The van der Waals surface area contributed by atoms with Crippen LogP contribution in [0.25, 0.3) is 0 Å². The molecular formula is C22H37N5. The van der Waals surface area contributed by atoms with Gasteiger partial charge >= 0.3 is 0 Å². The maximum atomic E-state index is 4.37. The number of hydrogen-bond donors (Lipinski definition) is 2. The van der Waals surface area contributed by atoms with Gasteiger partial charge in [0.05, 0.1) is 0 Å². The summed E-state index contributed by atoms with van der Waals surface area (Å²) in [5.41, 5.74) is 2.73. The Morgan fingerprint density at radius 2 is 1.74 bits per heavy atom. The normalized spacial score (nSPS) is 22.1. The smallest absolute Gasteiger partial charge is 0.191 e. The molecule has 0 bridgehead atoms. The molecule has 1 atom stereocenters. The molecule has 0 amide bonds. The first-order chi connectivity index (χ1) is 13.3. The highest BCUT2D eigenvalue weighted by Crippen LogP contribution is 2.15. The van der Waals surface area contributed by atoms with Crippen LogP contribution in [0.1, 0.15) is 43.7 Å². The van der Waals surface area contributed by atoms with Gasteiger partial charge in [-0.15, -0.1) is 0 Å². The number of likely N-dealkylation sites (tertiary alicyclic amines) is 2. The maximum Gasteiger partial charge on any atom is 0.191 e. The molecule has 0 saturated carbocycles. The minimum Gasteiger partial charge on any atom is -0.356 e. The number of guanidine groups is 1. The summed E-state index contributed by atoms with van der Waals surface area (Å²) >= 11 is 0. The Morgan fingerprint density at radius 1 is 1.00 bits per heavy atom. The number of benzene rings is 1. The second-order valence-corrected chi connectivity index (χ2v) is 8.01. The molecule has 150 valence electrons. The average Bonchev–Trinajstić information content (AvgIpc) is 3.18. The molecule has 1 unspecified atom stereocenters. The standard InChI is InChI=1S/C22H37N5/c1-3-26-14-11-21(18-26)16-25-22(23-2)24-15-19-7-9-20(10-8-19)17-27-12-5-4-6-13-27/h7-10,21H,3-6,11-18H2,1-2H3,(H2,23,24,25). The van der Waals surface area contributed by atoms with Crippen LogP contribution in [-0.4, -0.2) is 62.1 Å². The van der Waals surface area contributed by atoms with Crippen LogP contribution in [0.5, 0.6) is 0 Å². The minimum atomic E-state index is 0.734. The Bertz CT molecular complexity index is 577. The molecule has 2 aliphatic heterocycles. The molecule has 5 nitrogen and oxygen atoms in total. The van der Waals surface area contributed by atoms with E-state index in [9.17, 15) is 0 Å². The van der Waals surface area contributed by atoms with Crippen LogP contribution in [0.3, 0.4) is 0 Å². The summed E-state index contributed by atoms with van der Waals surface area (Å²) in [6, 6.07) is 9.05. The maximum absolute atomic E-state index is 4.37. The molecule has 2 heterocycles. The average molecular weight is 372 g/mol. The Morgan fingerprint density at radius 3 is 2.41 bits per heavy atom. The summed E-state index contributed by atoms with van der Waals surface area (Å²) in [6.07, 6.45) is 5.39. The van der Waals surface area contributed by atoms with Crippen molar-refractivity contribution in [2.24, 2.45) is 10.9 Å². The summed E-state index contributed by atoms with van der Waals surface area (Å²) in [7, 11) is 1.85. The van der Waals surface area contributed by atoms with Crippen molar-refractivity contribution >= 4 is 5.96 Å². The van der Waals surface area contributed by atoms with Gasteiger partial charge in [-0.2, -0.15) is 0 Å². The van der Waals surface area contributed by atoms with Gasteiger partial charge in [-0.05, 0) is 62.5 Å². The zero-order chi connectivity index (χ0) is 18.9. The van der Waals surface area contributed by atoms with E-state index >= 15 is 0 Å². The first-order valence-corrected chi connectivity index (χ1v) is 10.7. The van der Waals surface area contributed by atoms with Crippen LogP contribution in [0.15, 0.2) is 29.3 Å². The summed E-state index contributed by atoms with van der Waals surface area (Å²) in [5.74, 6) is 1.64. The van der Waals surface area contributed by atoms with Crippen molar-refractivity contribution in [1.29, 1.82) is 0 Å². The topological polar surface area (TPSA) is 42.9 Å². The second-order valence-electron chi connectivity index (χ2n) is 8.01.